The molecule has 0 radical (unpaired) electrons. The molecule has 0 aliphatic rings. The van der Waals surface area contributed by atoms with Gasteiger partial charge in [0.25, 0.3) is 0 Å². The van der Waals surface area contributed by atoms with Crippen molar-refractivity contribution in [2.75, 3.05) is 5.32 Å². The van der Waals surface area contributed by atoms with Crippen LogP contribution < -0.4 is 5.32 Å². The second-order valence-corrected chi connectivity index (χ2v) is 5.52. The summed E-state index contributed by atoms with van der Waals surface area (Å²) < 4.78 is 1.09. The van der Waals surface area contributed by atoms with Gasteiger partial charge in [0.1, 0.15) is 0 Å². The van der Waals surface area contributed by atoms with E-state index in [-0.39, 0.29) is 0 Å². The van der Waals surface area contributed by atoms with Crippen LogP contribution in [0.5, 0.6) is 0 Å². The van der Waals surface area contributed by atoms with E-state index in [2.05, 4.69) is 52.4 Å². The van der Waals surface area contributed by atoms with Gasteiger partial charge in [0.2, 0.25) is 0 Å². The van der Waals surface area contributed by atoms with Crippen LogP contribution in [0, 0.1) is 0 Å². The average Bonchev–Trinajstić information content (AvgIpc) is 2.39. The third kappa shape index (κ3) is 3.50. The lowest BCUT2D eigenvalue weighted by atomic mass is 10.0. The quantitative estimate of drug-likeness (QED) is 0.764. The number of anilines is 1. The van der Waals surface area contributed by atoms with Gasteiger partial charge in [-0.2, -0.15) is 0 Å². The van der Waals surface area contributed by atoms with Crippen LogP contribution in [0.2, 0.25) is 5.02 Å². The highest BCUT2D eigenvalue weighted by atomic mass is 79.9. The Morgan fingerprint density at radius 2 is 1.67 bits per heavy atom. The first-order chi connectivity index (χ1) is 8.69. The zero-order chi connectivity index (χ0) is 13.0. The predicted octanol–water partition coefficient (Wildman–Crippen LogP) is 5.67. The highest BCUT2D eigenvalue weighted by molar-refractivity contribution is 9.10. The Morgan fingerprint density at radius 3 is 2.22 bits per heavy atom. The summed E-state index contributed by atoms with van der Waals surface area (Å²) in [6.07, 6.45) is 1.03. The minimum atomic E-state index is 0.309. The fraction of sp³-hybridized carbons (Fsp3) is 0.200. The van der Waals surface area contributed by atoms with E-state index in [4.69, 9.17) is 11.6 Å². The van der Waals surface area contributed by atoms with Gasteiger partial charge in [0.05, 0.1) is 6.04 Å². The first kappa shape index (κ1) is 13.4. The standard InChI is InChI=1S/C15H15BrClN/c1-2-15(11-3-7-13(17)8-4-11)18-14-9-5-12(16)6-10-14/h3-10,15,18H,2H2,1H3/t15-/m0/s1. The fourth-order valence-electron chi connectivity index (χ4n) is 1.86. The van der Waals surface area contributed by atoms with Crippen LogP contribution in [0.25, 0.3) is 0 Å². The van der Waals surface area contributed by atoms with Gasteiger partial charge in [-0.25, -0.2) is 0 Å². The van der Waals surface area contributed by atoms with Gasteiger partial charge in [-0.05, 0) is 48.4 Å². The second kappa shape index (κ2) is 6.26. The molecule has 1 atom stereocenters. The van der Waals surface area contributed by atoms with Crippen LogP contribution in [0.15, 0.2) is 53.0 Å². The molecule has 2 aromatic carbocycles. The number of hydrogen-bond donors (Lipinski definition) is 1. The molecular weight excluding hydrogens is 310 g/mol. The van der Waals surface area contributed by atoms with E-state index in [1.165, 1.54) is 5.56 Å². The zero-order valence-electron chi connectivity index (χ0n) is 10.2. The fourth-order valence-corrected chi connectivity index (χ4v) is 2.25. The summed E-state index contributed by atoms with van der Waals surface area (Å²) in [6, 6.07) is 16.5. The number of nitrogens with one attached hydrogen (secondary N) is 1. The molecule has 2 aromatic rings. The summed E-state index contributed by atoms with van der Waals surface area (Å²) in [6.45, 7) is 2.17. The van der Waals surface area contributed by atoms with Gasteiger partial charge in [0, 0.05) is 15.2 Å². The molecule has 0 aromatic heterocycles. The molecule has 18 heavy (non-hydrogen) atoms. The molecule has 1 N–H and O–H groups in total. The summed E-state index contributed by atoms with van der Waals surface area (Å²) in [4.78, 5) is 0. The lowest BCUT2D eigenvalue weighted by molar-refractivity contribution is 0.749. The molecule has 0 amide bonds. The number of rotatable bonds is 4. The Hall–Kier alpha value is -0.990. The van der Waals surface area contributed by atoms with Crippen LogP contribution in [-0.4, -0.2) is 0 Å². The van der Waals surface area contributed by atoms with Gasteiger partial charge in [-0.1, -0.05) is 46.6 Å². The molecule has 1 nitrogen and oxygen atoms in total. The highest BCUT2D eigenvalue weighted by Crippen LogP contribution is 2.24. The monoisotopic (exact) mass is 323 g/mol. The molecular formula is C15H15BrClN. The molecule has 3 heteroatoms. The number of benzene rings is 2. The van der Waals surface area contributed by atoms with Gasteiger partial charge >= 0.3 is 0 Å². The minimum Gasteiger partial charge on any atom is -0.378 e. The topological polar surface area (TPSA) is 12.0 Å². The summed E-state index contributed by atoms with van der Waals surface area (Å²) in [5, 5.41) is 4.30. The van der Waals surface area contributed by atoms with E-state index in [0.717, 1.165) is 21.6 Å². The molecule has 94 valence electrons. The molecule has 0 saturated heterocycles. The number of hydrogen-bond acceptors (Lipinski definition) is 1. The minimum absolute atomic E-state index is 0.309. The average molecular weight is 325 g/mol. The van der Waals surface area contributed by atoms with Crippen molar-refractivity contribution >= 4 is 33.2 Å². The van der Waals surface area contributed by atoms with E-state index in [0.29, 0.717) is 6.04 Å². The zero-order valence-corrected chi connectivity index (χ0v) is 12.5. The van der Waals surface area contributed by atoms with E-state index < -0.39 is 0 Å². The molecule has 0 aliphatic heterocycles. The maximum atomic E-state index is 5.91. The molecule has 0 aliphatic carbocycles. The van der Waals surface area contributed by atoms with Gasteiger partial charge in [-0.15, -0.1) is 0 Å². The first-order valence-electron chi connectivity index (χ1n) is 5.96. The molecule has 2 rings (SSSR count). The van der Waals surface area contributed by atoms with Crippen molar-refractivity contribution in [1.82, 2.24) is 0 Å². The normalized spacial score (nSPS) is 12.2. The van der Waals surface area contributed by atoms with Crippen molar-refractivity contribution in [3.05, 3.63) is 63.6 Å². The van der Waals surface area contributed by atoms with Crippen molar-refractivity contribution in [2.24, 2.45) is 0 Å². The summed E-state index contributed by atoms with van der Waals surface area (Å²) >= 11 is 9.35. The second-order valence-electron chi connectivity index (χ2n) is 4.16. The smallest absolute Gasteiger partial charge is 0.0511 e. The third-order valence-electron chi connectivity index (χ3n) is 2.87. The van der Waals surface area contributed by atoms with Crippen LogP contribution in [-0.2, 0) is 0 Å². The van der Waals surface area contributed by atoms with Crippen molar-refractivity contribution in [3.63, 3.8) is 0 Å². The maximum Gasteiger partial charge on any atom is 0.0511 e. The Kier molecular flexibility index (Phi) is 4.67. The number of halogens is 2. The predicted molar refractivity (Wildman–Crippen MR) is 82.2 cm³/mol. The first-order valence-corrected chi connectivity index (χ1v) is 7.13. The molecule has 0 bridgehead atoms. The van der Waals surface area contributed by atoms with Gasteiger partial charge < -0.3 is 5.32 Å². The maximum absolute atomic E-state index is 5.91. The lowest BCUT2D eigenvalue weighted by Gasteiger charge is -2.19. The molecule has 0 unspecified atom stereocenters. The Balaban J connectivity index is 2.14. The summed E-state index contributed by atoms with van der Waals surface area (Å²) in [7, 11) is 0. The SMILES string of the molecule is CC[C@H](Nc1ccc(Br)cc1)c1ccc(Cl)cc1. The van der Waals surface area contributed by atoms with E-state index in [1.807, 2.05) is 24.3 Å². The summed E-state index contributed by atoms with van der Waals surface area (Å²) in [5.74, 6) is 0. The van der Waals surface area contributed by atoms with E-state index >= 15 is 0 Å². The van der Waals surface area contributed by atoms with E-state index in [1.54, 1.807) is 0 Å². The van der Waals surface area contributed by atoms with Crippen LogP contribution in [0.4, 0.5) is 5.69 Å². The molecule has 0 spiro atoms. The van der Waals surface area contributed by atoms with Crippen LogP contribution in [0.1, 0.15) is 24.9 Å². The van der Waals surface area contributed by atoms with E-state index in [9.17, 15) is 0 Å². The highest BCUT2D eigenvalue weighted by Gasteiger charge is 2.08. The Bertz CT molecular complexity index is 493. The molecule has 0 fully saturated rings. The largest absolute Gasteiger partial charge is 0.378 e. The van der Waals surface area contributed by atoms with Crippen LogP contribution in [0.3, 0.4) is 0 Å². The Morgan fingerprint density at radius 1 is 1.06 bits per heavy atom. The van der Waals surface area contributed by atoms with Crippen molar-refractivity contribution in [3.8, 4) is 0 Å². The Labute approximate surface area is 121 Å². The lowest BCUT2D eigenvalue weighted by Crippen LogP contribution is -2.09. The van der Waals surface area contributed by atoms with Gasteiger partial charge in [-0.3, -0.25) is 0 Å². The van der Waals surface area contributed by atoms with Crippen molar-refractivity contribution in [1.29, 1.82) is 0 Å². The molecule has 0 saturated carbocycles. The van der Waals surface area contributed by atoms with Crippen molar-refractivity contribution in [2.45, 2.75) is 19.4 Å². The van der Waals surface area contributed by atoms with Gasteiger partial charge in [0.15, 0.2) is 0 Å². The summed E-state index contributed by atoms with van der Waals surface area (Å²) in [5.41, 5.74) is 2.38. The van der Waals surface area contributed by atoms with Crippen molar-refractivity contribution < 1.29 is 0 Å². The van der Waals surface area contributed by atoms with Crippen LogP contribution >= 0.6 is 27.5 Å². The molecule has 0 heterocycles. The third-order valence-corrected chi connectivity index (χ3v) is 3.65.